The van der Waals surface area contributed by atoms with Crippen LogP contribution in [0.3, 0.4) is 0 Å². The van der Waals surface area contributed by atoms with Crippen molar-refractivity contribution < 1.29 is 4.74 Å². The summed E-state index contributed by atoms with van der Waals surface area (Å²) < 4.78 is 6.28. The molecule has 0 bridgehead atoms. The fraction of sp³-hybridized carbons (Fsp3) is 0.800. The zero-order chi connectivity index (χ0) is 7.28. The van der Waals surface area contributed by atoms with Gasteiger partial charge in [0.15, 0.2) is 0 Å². The third-order valence-corrected chi connectivity index (χ3v) is 1.57. The SMILES string of the molecule is CCOC(=S)N(Cl)CC. The van der Waals surface area contributed by atoms with Crippen molar-refractivity contribution in [1.82, 2.24) is 4.42 Å². The van der Waals surface area contributed by atoms with Crippen molar-refractivity contribution in [2.45, 2.75) is 13.8 Å². The van der Waals surface area contributed by atoms with E-state index in [4.69, 9.17) is 28.7 Å². The summed E-state index contributed by atoms with van der Waals surface area (Å²) in [6.45, 7) is 5.01. The van der Waals surface area contributed by atoms with Gasteiger partial charge in [0.2, 0.25) is 0 Å². The van der Waals surface area contributed by atoms with Gasteiger partial charge < -0.3 is 4.74 Å². The van der Waals surface area contributed by atoms with E-state index in [9.17, 15) is 0 Å². The molecule has 0 aromatic carbocycles. The third kappa shape index (κ3) is 3.54. The summed E-state index contributed by atoms with van der Waals surface area (Å²) in [5, 5.41) is 0.349. The molecule has 0 aromatic rings. The molecule has 0 unspecified atom stereocenters. The van der Waals surface area contributed by atoms with Crippen molar-refractivity contribution >= 4 is 29.2 Å². The second kappa shape index (κ2) is 4.82. The van der Waals surface area contributed by atoms with Gasteiger partial charge in [-0.2, -0.15) is 0 Å². The van der Waals surface area contributed by atoms with Crippen LogP contribution in [0.5, 0.6) is 0 Å². The molecule has 0 aromatic heterocycles. The average Bonchev–Trinajstić information content (AvgIpc) is 1.87. The Balaban J connectivity index is 3.46. The first-order valence-electron chi connectivity index (χ1n) is 2.82. The Hall–Kier alpha value is -0.0200. The molecule has 0 aliphatic heterocycles. The first kappa shape index (κ1) is 8.98. The molecule has 0 fully saturated rings. The van der Waals surface area contributed by atoms with Gasteiger partial charge in [0.1, 0.15) is 0 Å². The smallest absolute Gasteiger partial charge is 0.274 e. The minimum absolute atomic E-state index is 0.349. The second-order valence-electron chi connectivity index (χ2n) is 1.38. The van der Waals surface area contributed by atoms with Crippen LogP contribution in [0.1, 0.15) is 13.8 Å². The van der Waals surface area contributed by atoms with Gasteiger partial charge in [0, 0.05) is 18.3 Å². The fourth-order valence-corrected chi connectivity index (χ4v) is 0.618. The van der Waals surface area contributed by atoms with Crippen molar-refractivity contribution in [1.29, 1.82) is 0 Å². The molecule has 0 atom stereocenters. The number of nitrogens with zero attached hydrogens (tertiary/aromatic N) is 1. The summed E-state index contributed by atoms with van der Waals surface area (Å²) in [7, 11) is 0. The number of hydrogen-bond donors (Lipinski definition) is 0. The van der Waals surface area contributed by atoms with E-state index >= 15 is 0 Å². The van der Waals surface area contributed by atoms with Crippen molar-refractivity contribution in [3.63, 3.8) is 0 Å². The molecule has 0 saturated heterocycles. The zero-order valence-electron chi connectivity index (χ0n) is 5.56. The first-order valence-corrected chi connectivity index (χ1v) is 3.57. The van der Waals surface area contributed by atoms with E-state index in [1.807, 2.05) is 13.8 Å². The third-order valence-electron chi connectivity index (χ3n) is 0.744. The largest absolute Gasteiger partial charge is 0.470 e. The first-order chi connectivity index (χ1) is 4.22. The molecule has 0 aliphatic carbocycles. The predicted molar refractivity (Wildman–Crippen MR) is 42.5 cm³/mol. The fourth-order valence-electron chi connectivity index (χ4n) is 0.323. The summed E-state index contributed by atoms with van der Waals surface area (Å²) in [5.41, 5.74) is 0. The number of ether oxygens (including phenoxy) is 1. The molecule has 0 N–H and O–H groups in total. The molecule has 0 spiro atoms. The second-order valence-corrected chi connectivity index (χ2v) is 2.13. The molecule has 0 rings (SSSR count). The van der Waals surface area contributed by atoms with Gasteiger partial charge in [-0.3, -0.25) is 0 Å². The summed E-state index contributed by atoms with van der Waals surface area (Å²) in [4.78, 5) is 0. The molecular formula is C5H10ClNOS. The maximum atomic E-state index is 5.56. The maximum Gasteiger partial charge on any atom is 0.274 e. The van der Waals surface area contributed by atoms with E-state index in [1.165, 1.54) is 4.42 Å². The van der Waals surface area contributed by atoms with E-state index in [0.717, 1.165) is 0 Å². The zero-order valence-corrected chi connectivity index (χ0v) is 7.13. The molecule has 9 heavy (non-hydrogen) atoms. The molecule has 0 aliphatic rings. The lowest BCUT2D eigenvalue weighted by Gasteiger charge is -2.12. The van der Waals surface area contributed by atoms with Crippen LogP contribution in [0.15, 0.2) is 0 Å². The lowest BCUT2D eigenvalue weighted by Crippen LogP contribution is -2.21. The lowest BCUT2D eigenvalue weighted by atomic mass is 10.7. The van der Waals surface area contributed by atoms with Crippen LogP contribution in [-0.2, 0) is 4.74 Å². The Morgan fingerprint density at radius 2 is 2.22 bits per heavy atom. The number of halogens is 1. The quantitative estimate of drug-likeness (QED) is 0.460. The Bertz CT molecular complexity index is 99.0. The summed E-state index contributed by atoms with van der Waals surface area (Å²) in [5.74, 6) is 0. The van der Waals surface area contributed by atoms with Crippen molar-refractivity contribution in [2.75, 3.05) is 13.2 Å². The van der Waals surface area contributed by atoms with Gasteiger partial charge in [-0.05, 0) is 26.1 Å². The normalized spacial score (nSPS) is 8.78. The van der Waals surface area contributed by atoms with E-state index in [-0.39, 0.29) is 0 Å². The van der Waals surface area contributed by atoms with Crippen LogP contribution in [0.4, 0.5) is 0 Å². The van der Waals surface area contributed by atoms with Gasteiger partial charge in [0.05, 0.1) is 6.61 Å². The van der Waals surface area contributed by atoms with Crippen LogP contribution >= 0.6 is 24.0 Å². The highest BCUT2D eigenvalue weighted by Crippen LogP contribution is 1.96. The van der Waals surface area contributed by atoms with Gasteiger partial charge in [-0.25, -0.2) is 4.42 Å². The molecule has 54 valence electrons. The highest BCUT2D eigenvalue weighted by molar-refractivity contribution is 7.80. The van der Waals surface area contributed by atoms with Gasteiger partial charge in [-0.1, -0.05) is 0 Å². The Kier molecular flexibility index (Phi) is 4.81. The topological polar surface area (TPSA) is 12.5 Å². The van der Waals surface area contributed by atoms with Crippen molar-refractivity contribution in [2.24, 2.45) is 0 Å². The van der Waals surface area contributed by atoms with E-state index in [1.54, 1.807) is 0 Å². The van der Waals surface area contributed by atoms with E-state index in [2.05, 4.69) is 0 Å². The van der Waals surface area contributed by atoms with Crippen molar-refractivity contribution in [3.05, 3.63) is 0 Å². The summed E-state index contributed by atoms with van der Waals surface area (Å²) in [6.07, 6.45) is 0. The Labute approximate surface area is 65.8 Å². The van der Waals surface area contributed by atoms with Crippen LogP contribution in [0, 0.1) is 0 Å². The van der Waals surface area contributed by atoms with Gasteiger partial charge in [0.25, 0.3) is 5.17 Å². The lowest BCUT2D eigenvalue weighted by molar-refractivity contribution is 0.299. The van der Waals surface area contributed by atoms with E-state index in [0.29, 0.717) is 18.3 Å². The molecule has 4 heteroatoms. The Morgan fingerprint density at radius 1 is 1.67 bits per heavy atom. The number of thiocarbonyl (C=S) groups is 1. The number of rotatable bonds is 2. The van der Waals surface area contributed by atoms with E-state index < -0.39 is 0 Å². The van der Waals surface area contributed by atoms with Crippen LogP contribution in [0.25, 0.3) is 0 Å². The van der Waals surface area contributed by atoms with Gasteiger partial charge >= 0.3 is 0 Å². The standard InChI is InChI=1S/C5H10ClNOS/c1-3-7(6)5(9)8-4-2/h3-4H2,1-2H3. The molecule has 2 nitrogen and oxygen atoms in total. The molecule has 0 amide bonds. The monoisotopic (exact) mass is 167 g/mol. The minimum Gasteiger partial charge on any atom is -0.470 e. The predicted octanol–water partition coefficient (Wildman–Crippen LogP) is 1.78. The summed E-state index contributed by atoms with van der Waals surface area (Å²) in [6, 6.07) is 0. The molecule has 0 heterocycles. The van der Waals surface area contributed by atoms with Crippen molar-refractivity contribution in [3.8, 4) is 0 Å². The van der Waals surface area contributed by atoms with Crippen LogP contribution in [0.2, 0.25) is 0 Å². The minimum atomic E-state index is 0.349. The van der Waals surface area contributed by atoms with Gasteiger partial charge in [-0.15, -0.1) is 0 Å². The van der Waals surface area contributed by atoms with Crippen LogP contribution in [-0.4, -0.2) is 22.7 Å². The highest BCUT2D eigenvalue weighted by atomic mass is 35.5. The molecule has 0 saturated carbocycles. The summed E-state index contributed by atoms with van der Waals surface area (Å²) >= 11 is 10.3. The Morgan fingerprint density at radius 3 is 2.56 bits per heavy atom. The highest BCUT2D eigenvalue weighted by Gasteiger charge is 2.01. The maximum absolute atomic E-state index is 5.56. The van der Waals surface area contributed by atoms with Crippen LogP contribution < -0.4 is 0 Å². The molecular weight excluding hydrogens is 158 g/mol. The average molecular weight is 168 g/mol. The number of hydrogen-bond acceptors (Lipinski definition) is 2. The molecule has 0 radical (unpaired) electrons.